The lowest BCUT2D eigenvalue weighted by atomic mass is 10.00. The van der Waals surface area contributed by atoms with Crippen LogP contribution in [-0.2, 0) is 19.8 Å². The van der Waals surface area contributed by atoms with E-state index in [0.29, 0.717) is 47.4 Å². The fourth-order valence-corrected chi connectivity index (χ4v) is 5.57. The Balaban J connectivity index is 1.42. The molecule has 0 saturated carbocycles. The Kier molecular flexibility index (Phi) is 8.19. The number of aromatic nitrogens is 3. The summed E-state index contributed by atoms with van der Waals surface area (Å²) in [5, 5.41) is 0.291. The molecule has 0 atom stereocenters. The molecule has 1 fully saturated rings. The number of aldehydes is 1. The molecule has 43 heavy (non-hydrogen) atoms. The molecule has 1 aliphatic heterocycles. The van der Waals surface area contributed by atoms with Crippen molar-refractivity contribution in [3.8, 4) is 11.1 Å². The van der Waals surface area contributed by atoms with Gasteiger partial charge in [-0.25, -0.2) is 18.7 Å². The summed E-state index contributed by atoms with van der Waals surface area (Å²) < 4.78 is 58.0. The molecule has 4 heterocycles. The molecule has 5 rings (SSSR count). The molecule has 3 aromatic heterocycles. The zero-order valence-corrected chi connectivity index (χ0v) is 24.0. The van der Waals surface area contributed by atoms with Crippen molar-refractivity contribution in [2.45, 2.75) is 6.92 Å². The number of ketones is 1. The van der Waals surface area contributed by atoms with Gasteiger partial charge in [-0.1, -0.05) is 6.92 Å². The first kappa shape index (κ1) is 29.7. The van der Waals surface area contributed by atoms with Gasteiger partial charge in [-0.15, -0.1) is 0 Å². The third kappa shape index (κ3) is 5.81. The minimum atomic E-state index is -4.13. The number of carbonyl (C=O) groups excluding carboxylic acids is 3. The summed E-state index contributed by atoms with van der Waals surface area (Å²) in [7, 11) is -2.84. The highest BCUT2D eigenvalue weighted by atomic mass is 32.2. The largest absolute Gasteiger partial charge is 0.346 e. The molecule has 0 spiro atoms. The second kappa shape index (κ2) is 11.9. The van der Waals surface area contributed by atoms with Gasteiger partial charge in [-0.2, -0.15) is 12.7 Å². The molecule has 0 aliphatic carbocycles. The zero-order chi connectivity index (χ0) is 30.9. The van der Waals surface area contributed by atoms with Crippen molar-refractivity contribution in [3.05, 3.63) is 71.7 Å². The summed E-state index contributed by atoms with van der Waals surface area (Å²) in [4.78, 5) is 51.4. The van der Waals surface area contributed by atoms with Crippen LogP contribution in [0.3, 0.4) is 0 Å². The number of hydrogen-bond acceptors (Lipinski definition) is 8. The highest BCUT2D eigenvalue weighted by molar-refractivity contribution is 7.90. The van der Waals surface area contributed by atoms with E-state index in [1.165, 1.54) is 18.1 Å². The van der Waals surface area contributed by atoms with Crippen molar-refractivity contribution >= 4 is 50.7 Å². The molecule has 1 aliphatic rings. The SMILES string of the molecule is CCN(C)S(=O)(=O)Nc1ccc(F)c(C(=O)c2c[nH]c3ncc(-c4ccc(N5CCN(CC=O)C(=O)C5)nc4)cc23)c1F. The van der Waals surface area contributed by atoms with Gasteiger partial charge in [0.2, 0.25) is 11.7 Å². The lowest BCUT2D eigenvalue weighted by molar-refractivity contribution is -0.132. The molecule has 0 unspecified atom stereocenters. The number of carbonyl (C=O) groups is 3. The predicted molar refractivity (Wildman–Crippen MR) is 155 cm³/mol. The van der Waals surface area contributed by atoms with E-state index in [9.17, 15) is 27.2 Å². The number of benzene rings is 1. The number of pyridine rings is 2. The fraction of sp³-hybridized carbons (Fsp3) is 0.250. The van der Waals surface area contributed by atoms with Crippen LogP contribution >= 0.6 is 0 Å². The second-order valence-electron chi connectivity index (χ2n) is 9.79. The molecular formula is C28H27F2N7O5S. The Morgan fingerprint density at radius 2 is 1.91 bits per heavy atom. The van der Waals surface area contributed by atoms with Crippen LogP contribution in [0.5, 0.6) is 0 Å². The summed E-state index contributed by atoms with van der Waals surface area (Å²) in [5.74, 6) is -3.11. The molecule has 15 heteroatoms. The van der Waals surface area contributed by atoms with Gasteiger partial charge in [-0.05, 0) is 30.3 Å². The summed E-state index contributed by atoms with van der Waals surface area (Å²) >= 11 is 0. The molecule has 0 bridgehead atoms. The molecule has 224 valence electrons. The number of H-pyrrole nitrogens is 1. The quantitative estimate of drug-likeness (QED) is 0.205. The monoisotopic (exact) mass is 611 g/mol. The van der Waals surface area contributed by atoms with Crippen LogP contribution in [-0.4, -0.2) is 90.3 Å². The van der Waals surface area contributed by atoms with Crippen LogP contribution in [0.2, 0.25) is 0 Å². The van der Waals surface area contributed by atoms with Crippen molar-refractivity contribution < 1.29 is 31.6 Å². The van der Waals surface area contributed by atoms with Crippen LogP contribution < -0.4 is 9.62 Å². The Morgan fingerprint density at radius 1 is 1.14 bits per heavy atom. The van der Waals surface area contributed by atoms with Crippen molar-refractivity contribution in [3.63, 3.8) is 0 Å². The van der Waals surface area contributed by atoms with Gasteiger partial charge in [0.05, 0.1) is 24.3 Å². The molecule has 12 nitrogen and oxygen atoms in total. The van der Waals surface area contributed by atoms with Gasteiger partial charge in [0.15, 0.2) is 5.82 Å². The van der Waals surface area contributed by atoms with Crippen LogP contribution in [0, 0.1) is 11.6 Å². The Morgan fingerprint density at radius 3 is 2.58 bits per heavy atom. The normalized spacial score (nSPS) is 14.0. The van der Waals surface area contributed by atoms with E-state index in [1.807, 2.05) is 4.72 Å². The van der Waals surface area contributed by atoms with Crippen LogP contribution in [0.4, 0.5) is 20.3 Å². The van der Waals surface area contributed by atoms with Crippen molar-refractivity contribution in [2.75, 3.05) is 49.4 Å². The van der Waals surface area contributed by atoms with Crippen molar-refractivity contribution in [1.82, 2.24) is 24.2 Å². The number of rotatable bonds is 10. The maximum atomic E-state index is 15.4. The van der Waals surface area contributed by atoms with Gasteiger partial charge < -0.3 is 19.6 Å². The van der Waals surface area contributed by atoms with E-state index in [-0.39, 0.29) is 31.1 Å². The lowest BCUT2D eigenvalue weighted by Crippen LogP contribution is -2.51. The average molecular weight is 612 g/mol. The standard InChI is InChI=1S/C28H27F2N7O5S/c1-3-35(2)43(41,42)34-22-6-5-21(29)25(26(22)30)27(40)20-15-33-28-19(20)12-18(14-32-28)17-4-7-23(31-13-17)37-9-8-36(10-11-38)24(39)16-37/h4-7,11-15,34H,3,8-10,16H2,1-2H3,(H,32,33). The number of hydrogen-bond donors (Lipinski definition) is 2. The average Bonchev–Trinajstić information content (AvgIpc) is 3.43. The number of aromatic amines is 1. The Labute approximate surface area is 245 Å². The van der Waals surface area contributed by atoms with Crippen LogP contribution in [0.25, 0.3) is 22.2 Å². The topological polar surface area (TPSA) is 149 Å². The van der Waals surface area contributed by atoms with Crippen LogP contribution in [0.1, 0.15) is 22.8 Å². The van der Waals surface area contributed by atoms with E-state index >= 15 is 4.39 Å². The van der Waals surface area contributed by atoms with E-state index in [4.69, 9.17) is 0 Å². The Hall–Kier alpha value is -4.76. The first-order valence-electron chi connectivity index (χ1n) is 13.2. The number of nitrogens with zero attached hydrogens (tertiary/aromatic N) is 5. The van der Waals surface area contributed by atoms with E-state index in [0.717, 1.165) is 16.4 Å². The number of amides is 1. The van der Waals surface area contributed by atoms with E-state index in [1.54, 1.807) is 42.4 Å². The van der Waals surface area contributed by atoms with Gasteiger partial charge >= 0.3 is 10.2 Å². The number of piperazine rings is 1. The lowest BCUT2D eigenvalue weighted by Gasteiger charge is -2.34. The van der Waals surface area contributed by atoms with Crippen LogP contribution in [0.15, 0.2) is 48.9 Å². The van der Waals surface area contributed by atoms with E-state index < -0.39 is 38.9 Å². The molecule has 1 saturated heterocycles. The van der Waals surface area contributed by atoms with Gasteiger partial charge in [0.1, 0.15) is 23.6 Å². The van der Waals surface area contributed by atoms with Crippen molar-refractivity contribution in [1.29, 1.82) is 0 Å². The summed E-state index contributed by atoms with van der Waals surface area (Å²) in [5.41, 5.74) is -0.0504. The fourth-order valence-electron chi connectivity index (χ4n) is 4.64. The second-order valence-corrected chi connectivity index (χ2v) is 11.6. The van der Waals surface area contributed by atoms with Gasteiger partial charge in [0, 0.05) is 67.3 Å². The summed E-state index contributed by atoms with van der Waals surface area (Å²) in [6, 6.07) is 6.86. The minimum absolute atomic E-state index is 0.0538. The highest BCUT2D eigenvalue weighted by Gasteiger charge is 2.27. The smallest absolute Gasteiger partial charge is 0.301 e. The third-order valence-electron chi connectivity index (χ3n) is 7.21. The summed E-state index contributed by atoms with van der Waals surface area (Å²) in [6.45, 7) is 2.75. The van der Waals surface area contributed by atoms with E-state index in [2.05, 4.69) is 15.0 Å². The number of nitrogens with one attached hydrogen (secondary N) is 2. The molecule has 1 aromatic carbocycles. The van der Waals surface area contributed by atoms with Gasteiger partial charge in [-0.3, -0.25) is 14.3 Å². The molecule has 0 radical (unpaired) electrons. The zero-order valence-electron chi connectivity index (χ0n) is 23.2. The third-order valence-corrected chi connectivity index (χ3v) is 8.76. The molecular weight excluding hydrogens is 584 g/mol. The van der Waals surface area contributed by atoms with Crippen molar-refractivity contribution in [2.24, 2.45) is 0 Å². The first-order chi connectivity index (χ1) is 20.5. The molecule has 4 aromatic rings. The maximum Gasteiger partial charge on any atom is 0.301 e. The number of anilines is 2. The number of halogens is 2. The Bertz CT molecular complexity index is 1830. The number of fused-ring (bicyclic) bond motifs is 1. The highest BCUT2D eigenvalue weighted by Crippen LogP contribution is 2.30. The first-order valence-corrected chi connectivity index (χ1v) is 14.6. The summed E-state index contributed by atoms with van der Waals surface area (Å²) in [6.07, 6.45) is 5.10. The van der Waals surface area contributed by atoms with Gasteiger partial charge in [0.25, 0.3) is 0 Å². The molecule has 2 N–H and O–H groups in total. The minimum Gasteiger partial charge on any atom is -0.346 e. The maximum absolute atomic E-state index is 15.4. The molecule has 1 amide bonds. The predicted octanol–water partition coefficient (Wildman–Crippen LogP) is 2.59.